The molecule has 0 saturated heterocycles. The first-order valence-electron chi connectivity index (χ1n) is 15.9. The lowest BCUT2D eigenvalue weighted by Gasteiger charge is -2.31. The van der Waals surface area contributed by atoms with Crippen molar-refractivity contribution in [2.24, 2.45) is 4.99 Å². The molecule has 1 atom stereocenters. The lowest BCUT2D eigenvalue weighted by atomic mass is 9.90. The minimum Gasteiger partial charge on any atom is -0.454 e. The number of hydrogen-bond donors (Lipinski definition) is 1. The molecular weight excluding hydrogens is 562 g/mol. The van der Waals surface area contributed by atoms with Gasteiger partial charge in [0, 0.05) is 22.1 Å². The Balaban J connectivity index is 1.26. The molecule has 220 valence electrons. The Hall–Kier alpha value is -5.87. The molecule has 1 unspecified atom stereocenters. The Morgan fingerprint density at radius 3 is 2.22 bits per heavy atom. The zero-order valence-corrected chi connectivity index (χ0v) is 25.2. The van der Waals surface area contributed by atoms with E-state index in [1.807, 2.05) is 12.1 Å². The maximum atomic E-state index is 6.73. The third kappa shape index (κ3) is 4.41. The van der Waals surface area contributed by atoms with E-state index in [1.54, 1.807) is 0 Å². The van der Waals surface area contributed by atoms with Gasteiger partial charge in [-0.1, -0.05) is 127 Å². The molecule has 0 fully saturated rings. The Morgan fingerprint density at radius 2 is 1.39 bits per heavy atom. The molecule has 6 aromatic rings. The molecule has 0 spiro atoms. The van der Waals surface area contributed by atoms with E-state index in [9.17, 15) is 0 Å². The number of amidine groups is 1. The number of aliphatic imine (C=N–C) groups is 1. The van der Waals surface area contributed by atoms with Crippen LogP contribution in [0.5, 0.6) is 0 Å². The number of rotatable bonds is 4. The van der Waals surface area contributed by atoms with Crippen LogP contribution < -0.4 is 10.2 Å². The van der Waals surface area contributed by atoms with Crippen LogP contribution in [0.1, 0.15) is 41.3 Å². The third-order valence-electron chi connectivity index (χ3n) is 9.17. The van der Waals surface area contributed by atoms with Gasteiger partial charge >= 0.3 is 0 Å². The Kier molecular flexibility index (Phi) is 6.31. The molecule has 1 N–H and O–H groups in total. The molecule has 1 aliphatic carbocycles. The van der Waals surface area contributed by atoms with Crippen LogP contribution in [0.4, 0.5) is 11.4 Å². The fourth-order valence-corrected chi connectivity index (χ4v) is 6.96. The molecule has 0 amide bonds. The summed E-state index contributed by atoms with van der Waals surface area (Å²) in [7, 11) is 0. The normalized spacial score (nSPS) is 17.0. The van der Waals surface area contributed by atoms with Crippen molar-refractivity contribution in [3.8, 4) is 11.1 Å². The van der Waals surface area contributed by atoms with Crippen molar-refractivity contribution < 1.29 is 4.42 Å². The molecule has 4 nitrogen and oxygen atoms in total. The Morgan fingerprint density at radius 1 is 0.696 bits per heavy atom. The van der Waals surface area contributed by atoms with Crippen molar-refractivity contribution in [1.82, 2.24) is 5.32 Å². The standard InChI is InChI=1S/C42H31N3O/c1-3-13-28(14-4-1)29-23-25-30(26-24-29)36-27-39(44-42(43-36)31-15-5-2-6-16-31)45-37-21-11-9-18-33(37)32-17-7-8-19-34(32)41-40(45)35-20-10-12-22-38(35)46-41/h1-6,8-16,18-27,36H,7,17H2,(H,43,44). The maximum Gasteiger partial charge on any atom is 0.159 e. The molecule has 3 aliphatic rings. The van der Waals surface area contributed by atoms with E-state index < -0.39 is 0 Å². The van der Waals surface area contributed by atoms with Gasteiger partial charge in [-0.05, 0) is 59.4 Å². The van der Waals surface area contributed by atoms with Gasteiger partial charge in [-0.25, -0.2) is 4.99 Å². The van der Waals surface area contributed by atoms with Gasteiger partial charge in [-0.3, -0.25) is 4.90 Å². The van der Waals surface area contributed by atoms with E-state index in [0.29, 0.717) is 0 Å². The number of anilines is 2. The van der Waals surface area contributed by atoms with E-state index >= 15 is 0 Å². The summed E-state index contributed by atoms with van der Waals surface area (Å²) in [5.41, 5.74) is 11.3. The van der Waals surface area contributed by atoms with E-state index in [4.69, 9.17) is 9.41 Å². The minimum absolute atomic E-state index is 0.105. The molecule has 46 heavy (non-hydrogen) atoms. The maximum absolute atomic E-state index is 6.73. The lowest BCUT2D eigenvalue weighted by molar-refractivity contribution is 0.601. The summed E-state index contributed by atoms with van der Waals surface area (Å²) in [4.78, 5) is 7.71. The number of allylic oxidation sites excluding steroid dienone is 4. The van der Waals surface area contributed by atoms with Crippen molar-refractivity contribution in [2.45, 2.75) is 18.9 Å². The van der Waals surface area contributed by atoms with Crippen LogP contribution in [0.25, 0.3) is 33.2 Å². The van der Waals surface area contributed by atoms with Gasteiger partial charge in [0.2, 0.25) is 0 Å². The van der Waals surface area contributed by atoms with E-state index in [1.165, 1.54) is 27.8 Å². The van der Waals surface area contributed by atoms with Crippen LogP contribution in [0, 0.1) is 0 Å². The SMILES string of the molecule is C1=CC2=C(CC1)c1ccccc1N(C1=CC(c3ccc(-c4ccccc4)cc3)NC(c3ccccc3)=N1)c1c2oc2ccccc12. The summed E-state index contributed by atoms with van der Waals surface area (Å²) < 4.78 is 6.73. The van der Waals surface area contributed by atoms with Gasteiger partial charge in [0.1, 0.15) is 22.9 Å². The average molecular weight is 594 g/mol. The van der Waals surface area contributed by atoms with Crippen molar-refractivity contribution in [3.63, 3.8) is 0 Å². The Bertz CT molecular complexity index is 2220. The van der Waals surface area contributed by atoms with Gasteiger partial charge in [0.05, 0.1) is 11.7 Å². The van der Waals surface area contributed by atoms with Crippen LogP contribution in [-0.4, -0.2) is 5.84 Å². The van der Waals surface area contributed by atoms with Crippen LogP contribution >= 0.6 is 0 Å². The molecule has 2 aliphatic heterocycles. The smallest absolute Gasteiger partial charge is 0.159 e. The van der Waals surface area contributed by atoms with Crippen LogP contribution in [0.2, 0.25) is 0 Å². The van der Waals surface area contributed by atoms with Crippen LogP contribution in [0.3, 0.4) is 0 Å². The van der Waals surface area contributed by atoms with E-state index in [-0.39, 0.29) is 6.04 Å². The molecule has 4 heteroatoms. The zero-order valence-electron chi connectivity index (χ0n) is 25.2. The van der Waals surface area contributed by atoms with Crippen molar-refractivity contribution in [1.29, 1.82) is 0 Å². The van der Waals surface area contributed by atoms with Gasteiger partial charge in [0.15, 0.2) is 5.76 Å². The van der Waals surface area contributed by atoms with Crippen molar-refractivity contribution >= 4 is 39.3 Å². The molecule has 3 heterocycles. The molecular formula is C42H31N3O. The predicted octanol–water partition coefficient (Wildman–Crippen LogP) is 10.4. The summed E-state index contributed by atoms with van der Waals surface area (Å²) in [6.45, 7) is 0. The number of nitrogens with one attached hydrogen (secondary N) is 1. The highest BCUT2D eigenvalue weighted by atomic mass is 16.3. The number of hydrogen-bond acceptors (Lipinski definition) is 4. The van der Waals surface area contributed by atoms with Gasteiger partial charge < -0.3 is 9.73 Å². The minimum atomic E-state index is -0.105. The predicted molar refractivity (Wildman–Crippen MR) is 189 cm³/mol. The number of fused-ring (bicyclic) bond motifs is 6. The second-order valence-electron chi connectivity index (χ2n) is 11.9. The summed E-state index contributed by atoms with van der Waals surface area (Å²) in [5.74, 6) is 2.59. The first kappa shape index (κ1) is 26.5. The highest BCUT2D eigenvalue weighted by molar-refractivity contribution is 6.11. The first-order chi connectivity index (χ1) is 22.8. The second kappa shape index (κ2) is 10.9. The van der Waals surface area contributed by atoms with Gasteiger partial charge in [-0.15, -0.1) is 0 Å². The average Bonchev–Trinajstić information content (AvgIpc) is 3.46. The summed E-state index contributed by atoms with van der Waals surface area (Å²) in [6, 6.07) is 46.8. The highest BCUT2D eigenvalue weighted by Gasteiger charge is 2.34. The summed E-state index contributed by atoms with van der Waals surface area (Å²) >= 11 is 0. The summed E-state index contributed by atoms with van der Waals surface area (Å²) in [5, 5.41) is 4.83. The Labute approximate surface area is 268 Å². The largest absolute Gasteiger partial charge is 0.454 e. The first-order valence-corrected chi connectivity index (χ1v) is 15.9. The van der Waals surface area contributed by atoms with Gasteiger partial charge in [0.25, 0.3) is 0 Å². The molecule has 1 aromatic heterocycles. The van der Waals surface area contributed by atoms with Crippen molar-refractivity contribution in [2.75, 3.05) is 4.90 Å². The molecule has 5 aromatic carbocycles. The number of benzene rings is 5. The van der Waals surface area contributed by atoms with Crippen molar-refractivity contribution in [3.05, 3.63) is 180 Å². The fourth-order valence-electron chi connectivity index (χ4n) is 6.96. The second-order valence-corrected chi connectivity index (χ2v) is 11.9. The van der Waals surface area contributed by atoms with Crippen LogP contribution in [-0.2, 0) is 0 Å². The fraction of sp³-hybridized carbons (Fsp3) is 0.0714. The molecule has 9 rings (SSSR count). The quantitative estimate of drug-likeness (QED) is 0.221. The van der Waals surface area contributed by atoms with Crippen LogP contribution in [0.15, 0.2) is 167 Å². The van der Waals surface area contributed by atoms with E-state index in [0.717, 1.165) is 63.7 Å². The highest BCUT2D eigenvalue weighted by Crippen LogP contribution is 2.52. The number of para-hydroxylation sites is 2. The van der Waals surface area contributed by atoms with Gasteiger partial charge in [-0.2, -0.15) is 0 Å². The summed E-state index contributed by atoms with van der Waals surface area (Å²) in [6.07, 6.45) is 8.73. The molecule has 0 bridgehead atoms. The number of nitrogens with zero attached hydrogens (tertiary/aromatic N) is 2. The lowest BCUT2D eigenvalue weighted by Crippen LogP contribution is -2.34. The molecule has 0 radical (unpaired) electrons. The number of furan rings is 1. The zero-order chi connectivity index (χ0) is 30.5. The van der Waals surface area contributed by atoms with E-state index in [2.05, 4.69) is 150 Å². The molecule has 0 saturated carbocycles. The monoisotopic (exact) mass is 593 g/mol. The third-order valence-corrected chi connectivity index (χ3v) is 9.17. The topological polar surface area (TPSA) is 40.8 Å².